The molecular weight excluding hydrogens is 258 g/mol. The molecule has 6 heteroatoms. The Balaban J connectivity index is 1.78. The molecule has 1 aromatic heterocycles. The number of aliphatic hydroxyl groups is 1. The van der Waals surface area contributed by atoms with Crippen molar-refractivity contribution in [2.45, 2.75) is 13.0 Å². The van der Waals surface area contributed by atoms with Crippen molar-refractivity contribution in [2.24, 2.45) is 0 Å². The van der Waals surface area contributed by atoms with E-state index in [1.54, 1.807) is 24.2 Å². The number of pyridine rings is 1. The summed E-state index contributed by atoms with van der Waals surface area (Å²) in [6, 6.07) is 3.68. The third-order valence-corrected chi connectivity index (χ3v) is 3.40. The molecule has 20 heavy (non-hydrogen) atoms. The van der Waals surface area contributed by atoms with Crippen molar-refractivity contribution in [1.82, 2.24) is 14.8 Å². The Kier molecular flexibility index (Phi) is 5.31. The molecular formula is C14H21N3O3. The summed E-state index contributed by atoms with van der Waals surface area (Å²) < 4.78 is 4.98. The van der Waals surface area contributed by atoms with Crippen LogP contribution in [0.5, 0.6) is 0 Å². The normalized spacial score (nSPS) is 17.8. The molecule has 1 saturated heterocycles. The highest BCUT2D eigenvalue weighted by atomic mass is 16.6. The molecule has 0 saturated carbocycles. The summed E-state index contributed by atoms with van der Waals surface area (Å²) in [5.74, 6) is 0. The van der Waals surface area contributed by atoms with Crippen molar-refractivity contribution in [3.05, 3.63) is 30.1 Å². The van der Waals surface area contributed by atoms with E-state index in [1.807, 2.05) is 12.1 Å². The smallest absolute Gasteiger partial charge is 0.409 e. The van der Waals surface area contributed by atoms with Crippen molar-refractivity contribution in [3.63, 3.8) is 0 Å². The molecule has 1 aliphatic rings. The van der Waals surface area contributed by atoms with E-state index in [0.717, 1.165) is 18.7 Å². The van der Waals surface area contributed by atoms with Gasteiger partial charge in [0.1, 0.15) is 0 Å². The van der Waals surface area contributed by atoms with Gasteiger partial charge in [0.25, 0.3) is 0 Å². The maximum Gasteiger partial charge on any atom is 0.409 e. The Hall–Kier alpha value is -1.66. The van der Waals surface area contributed by atoms with Crippen LogP contribution in [-0.2, 0) is 4.74 Å². The van der Waals surface area contributed by atoms with E-state index >= 15 is 0 Å². The molecule has 1 amide bonds. The summed E-state index contributed by atoms with van der Waals surface area (Å²) >= 11 is 0. The minimum Gasteiger partial charge on any atom is -0.450 e. The highest BCUT2D eigenvalue weighted by Crippen LogP contribution is 2.14. The SMILES string of the molecule is CCOC(=O)N1CCN(CC(O)c2cccnc2)CC1. The fraction of sp³-hybridized carbons (Fsp3) is 0.571. The summed E-state index contributed by atoms with van der Waals surface area (Å²) in [5.41, 5.74) is 0.820. The van der Waals surface area contributed by atoms with E-state index in [2.05, 4.69) is 9.88 Å². The Labute approximate surface area is 119 Å². The lowest BCUT2D eigenvalue weighted by Gasteiger charge is -2.34. The zero-order valence-electron chi connectivity index (χ0n) is 11.7. The number of nitrogens with zero attached hydrogens (tertiary/aromatic N) is 3. The summed E-state index contributed by atoms with van der Waals surface area (Å²) in [7, 11) is 0. The van der Waals surface area contributed by atoms with Crippen LogP contribution in [0.25, 0.3) is 0 Å². The maximum atomic E-state index is 11.6. The number of ether oxygens (including phenoxy) is 1. The van der Waals surface area contributed by atoms with Gasteiger partial charge in [0, 0.05) is 50.7 Å². The monoisotopic (exact) mass is 279 g/mol. The van der Waals surface area contributed by atoms with E-state index in [0.29, 0.717) is 26.2 Å². The van der Waals surface area contributed by atoms with E-state index in [9.17, 15) is 9.90 Å². The third kappa shape index (κ3) is 3.91. The van der Waals surface area contributed by atoms with Gasteiger partial charge < -0.3 is 14.7 Å². The van der Waals surface area contributed by atoms with E-state index in [1.165, 1.54) is 0 Å². The Morgan fingerprint density at radius 2 is 2.20 bits per heavy atom. The first-order valence-electron chi connectivity index (χ1n) is 6.92. The van der Waals surface area contributed by atoms with Crippen LogP contribution in [0.2, 0.25) is 0 Å². The predicted molar refractivity (Wildman–Crippen MR) is 74.2 cm³/mol. The highest BCUT2D eigenvalue weighted by Gasteiger charge is 2.23. The van der Waals surface area contributed by atoms with Gasteiger partial charge in [-0.05, 0) is 13.0 Å². The molecule has 1 atom stereocenters. The molecule has 0 bridgehead atoms. The number of aliphatic hydroxyl groups excluding tert-OH is 1. The van der Waals surface area contributed by atoms with Crippen molar-refractivity contribution in [1.29, 1.82) is 0 Å². The van der Waals surface area contributed by atoms with Gasteiger partial charge in [0.2, 0.25) is 0 Å². The molecule has 1 aromatic rings. The minimum atomic E-state index is -0.544. The first-order valence-corrected chi connectivity index (χ1v) is 6.92. The fourth-order valence-electron chi connectivity index (χ4n) is 2.25. The standard InChI is InChI=1S/C14H21N3O3/c1-2-20-14(19)17-8-6-16(7-9-17)11-13(18)12-4-3-5-15-10-12/h3-5,10,13,18H,2,6-9,11H2,1H3. The summed E-state index contributed by atoms with van der Waals surface area (Å²) in [5, 5.41) is 10.1. The second-order valence-electron chi connectivity index (χ2n) is 4.79. The molecule has 0 spiro atoms. The van der Waals surface area contributed by atoms with E-state index < -0.39 is 6.10 Å². The second kappa shape index (κ2) is 7.21. The Bertz CT molecular complexity index is 419. The molecule has 6 nitrogen and oxygen atoms in total. The number of rotatable bonds is 4. The van der Waals surface area contributed by atoms with E-state index in [4.69, 9.17) is 4.74 Å². The van der Waals surface area contributed by atoms with Gasteiger partial charge >= 0.3 is 6.09 Å². The largest absolute Gasteiger partial charge is 0.450 e. The van der Waals surface area contributed by atoms with Crippen LogP contribution >= 0.6 is 0 Å². The van der Waals surface area contributed by atoms with Crippen molar-refractivity contribution in [3.8, 4) is 0 Å². The minimum absolute atomic E-state index is 0.250. The molecule has 0 aliphatic carbocycles. The quantitative estimate of drug-likeness (QED) is 0.886. The summed E-state index contributed by atoms with van der Waals surface area (Å²) in [6.07, 6.45) is 2.58. The van der Waals surface area contributed by atoms with Gasteiger partial charge in [-0.25, -0.2) is 4.79 Å². The average molecular weight is 279 g/mol. The number of carbonyl (C=O) groups is 1. The number of hydrogen-bond donors (Lipinski definition) is 1. The molecule has 110 valence electrons. The first-order chi connectivity index (χ1) is 9.70. The third-order valence-electron chi connectivity index (χ3n) is 3.40. The van der Waals surface area contributed by atoms with Gasteiger partial charge in [-0.2, -0.15) is 0 Å². The van der Waals surface area contributed by atoms with Crippen molar-refractivity contribution in [2.75, 3.05) is 39.3 Å². The van der Waals surface area contributed by atoms with Crippen LogP contribution in [0, 0.1) is 0 Å². The van der Waals surface area contributed by atoms with Gasteiger partial charge in [-0.3, -0.25) is 9.88 Å². The van der Waals surface area contributed by atoms with Crippen LogP contribution in [0.15, 0.2) is 24.5 Å². The van der Waals surface area contributed by atoms with E-state index in [-0.39, 0.29) is 6.09 Å². The van der Waals surface area contributed by atoms with Gasteiger partial charge in [-0.15, -0.1) is 0 Å². The fourth-order valence-corrected chi connectivity index (χ4v) is 2.25. The van der Waals surface area contributed by atoms with Gasteiger partial charge in [0.05, 0.1) is 12.7 Å². The predicted octanol–water partition coefficient (Wildman–Crippen LogP) is 0.889. The molecule has 2 heterocycles. The number of hydrogen-bond acceptors (Lipinski definition) is 5. The Morgan fingerprint density at radius 3 is 2.80 bits per heavy atom. The number of aromatic nitrogens is 1. The second-order valence-corrected chi connectivity index (χ2v) is 4.79. The topological polar surface area (TPSA) is 65.9 Å². The van der Waals surface area contributed by atoms with Crippen LogP contribution in [-0.4, -0.2) is 65.3 Å². The number of piperazine rings is 1. The lowest BCUT2D eigenvalue weighted by molar-refractivity contribution is 0.0577. The van der Waals surface area contributed by atoms with Gasteiger partial charge in [0.15, 0.2) is 0 Å². The van der Waals surface area contributed by atoms with Gasteiger partial charge in [-0.1, -0.05) is 6.07 Å². The van der Waals surface area contributed by atoms with Crippen molar-refractivity contribution >= 4 is 6.09 Å². The highest BCUT2D eigenvalue weighted by molar-refractivity contribution is 5.67. The lowest BCUT2D eigenvalue weighted by atomic mass is 10.1. The molecule has 1 N–H and O–H groups in total. The lowest BCUT2D eigenvalue weighted by Crippen LogP contribution is -2.49. The van der Waals surface area contributed by atoms with Crippen LogP contribution in [0.3, 0.4) is 0 Å². The summed E-state index contributed by atoms with van der Waals surface area (Å²) in [6.45, 7) is 5.53. The maximum absolute atomic E-state index is 11.6. The zero-order valence-corrected chi connectivity index (χ0v) is 11.7. The molecule has 2 rings (SSSR count). The number of amides is 1. The molecule has 1 unspecified atom stereocenters. The average Bonchev–Trinajstić information content (AvgIpc) is 2.49. The summed E-state index contributed by atoms with van der Waals surface area (Å²) in [4.78, 5) is 19.4. The zero-order chi connectivity index (χ0) is 14.4. The molecule has 1 fully saturated rings. The van der Waals surface area contributed by atoms with Crippen molar-refractivity contribution < 1.29 is 14.6 Å². The van der Waals surface area contributed by atoms with Crippen LogP contribution in [0.4, 0.5) is 4.79 Å². The molecule has 1 aliphatic heterocycles. The Morgan fingerprint density at radius 1 is 1.45 bits per heavy atom. The number of carbonyl (C=O) groups excluding carboxylic acids is 1. The first kappa shape index (κ1) is 14.7. The molecule has 0 radical (unpaired) electrons. The van der Waals surface area contributed by atoms with Crippen LogP contribution < -0.4 is 0 Å². The molecule has 0 aromatic carbocycles. The van der Waals surface area contributed by atoms with Crippen LogP contribution in [0.1, 0.15) is 18.6 Å². The number of β-amino-alcohol motifs (C(OH)–C–C–N with tert-alkyl or cyclic N) is 1.